The van der Waals surface area contributed by atoms with E-state index < -0.39 is 0 Å². The maximum atomic E-state index is 13.2. The van der Waals surface area contributed by atoms with E-state index in [0.29, 0.717) is 24.5 Å². The van der Waals surface area contributed by atoms with Gasteiger partial charge < -0.3 is 4.90 Å². The first kappa shape index (κ1) is 20.3. The fourth-order valence-corrected chi connectivity index (χ4v) is 6.68. The van der Waals surface area contributed by atoms with E-state index in [1.54, 1.807) is 6.33 Å². The van der Waals surface area contributed by atoms with Crippen LogP contribution in [0.15, 0.2) is 36.9 Å². The second kappa shape index (κ2) is 8.23. The van der Waals surface area contributed by atoms with Gasteiger partial charge in [0.25, 0.3) is 0 Å². The SMILES string of the molecule is CC1CCCC1N1C[C@@H]2C[C@H]1CN2C(=O)CN1CCc2cc(-c3cncnc3)ccc2C1. The van der Waals surface area contributed by atoms with E-state index in [1.807, 2.05) is 12.4 Å². The van der Waals surface area contributed by atoms with E-state index >= 15 is 0 Å². The third kappa shape index (κ3) is 3.63. The molecule has 4 atom stereocenters. The second-order valence-electron chi connectivity index (χ2n) is 10.3. The highest BCUT2D eigenvalue weighted by molar-refractivity contribution is 5.79. The highest BCUT2D eigenvalue weighted by Crippen LogP contribution is 2.39. The van der Waals surface area contributed by atoms with Crippen LogP contribution in [0.2, 0.25) is 0 Å². The summed E-state index contributed by atoms with van der Waals surface area (Å²) in [4.78, 5) is 28.8. The molecule has 3 aliphatic heterocycles. The average molecular weight is 432 g/mol. The summed E-state index contributed by atoms with van der Waals surface area (Å²) in [6, 6.07) is 8.43. The van der Waals surface area contributed by atoms with Crippen molar-refractivity contribution in [1.29, 1.82) is 0 Å². The lowest BCUT2D eigenvalue weighted by Gasteiger charge is -2.40. The molecule has 2 bridgehead atoms. The molecule has 2 saturated heterocycles. The number of amides is 1. The maximum Gasteiger partial charge on any atom is 0.237 e. The van der Waals surface area contributed by atoms with Gasteiger partial charge >= 0.3 is 0 Å². The molecule has 3 fully saturated rings. The quantitative estimate of drug-likeness (QED) is 0.745. The number of likely N-dealkylation sites (tertiary alicyclic amines) is 2. The Morgan fingerprint density at radius 1 is 1.06 bits per heavy atom. The number of benzene rings is 1. The molecule has 2 aromatic rings. The molecular weight excluding hydrogens is 398 g/mol. The van der Waals surface area contributed by atoms with E-state index in [0.717, 1.165) is 50.1 Å². The van der Waals surface area contributed by atoms with E-state index in [2.05, 4.69) is 49.8 Å². The Morgan fingerprint density at radius 3 is 2.69 bits per heavy atom. The van der Waals surface area contributed by atoms with Crippen molar-refractivity contribution in [2.24, 2.45) is 5.92 Å². The van der Waals surface area contributed by atoms with Gasteiger partial charge in [-0.05, 0) is 48.3 Å². The smallest absolute Gasteiger partial charge is 0.237 e. The van der Waals surface area contributed by atoms with Gasteiger partial charge in [-0.15, -0.1) is 0 Å². The molecule has 4 heterocycles. The van der Waals surface area contributed by atoms with Crippen LogP contribution >= 0.6 is 0 Å². The summed E-state index contributed by atoms with van der Waals surface area (Å²) in [5.41, 5.74) is 4.95. The fraction of sp³-hybridized carbons (Fsp3) is 0.577. The Morgan fingerprint density at radius 2 is 1.94 bits per heavy atom. The summed E-state index contributed by atoms with van der Waals surface area (Å²) in [6.07, 6.45) is 11.6. The largest absolute Gasteiger partial charge is 0.336 e. The molecule has 2 unspecified atom stereocenters. The highest BCUT2D eigenvalue weighted by Gasteiger charge is 2.48. The summed E-state index contributed by atoms with van der Waals surface area (Å²) in [7, 11) is 0. The predicted molar refractivity (Wildman–Crippen MR) is 124 cm³/mol. The van der Waals surface area contributed by atoms with Crippen LogP contribution in [0.3, 0.4) is 0 Å². The van der Waals surface area contributed by atoms with Crippen molar-refractivity contribution in [1.82, 2.24) is 24.7 Å². The normalized spacial score (nSPS) is 30.1. The molecule has 6 rings (SSSR count). The molecule has 0 N–H and O–H groups in total. The minimum Gasteiger partial charge on any atom is -0.336 e. The standard InChI is InChI=1S/C26H33N5O/c1-18-3-2-4-25(18)30-14-24-10-23(30)15-31(24)26(32)16-29-8-7-20-9-19(5-6-21(20)13-29)22-11-27-17-28-12-22/h5-6,9,11-12,17-18,23-25H,2-4,7-8,10,13-16H2,1H3/t18?,23-,24-,25?/m0/s1. The van der Waals surface area contributed by atoms with Crippen LogP contribution in [0.25, 0.3) is 11.1 Å². The first-order chi connectivity index (χ1) is 15.7. The van der Waals surface area contributed by atoms with Gasteiger partial charge in [-0.25, -0.2) is 9.97 Å². The molecule has 1 aromatic carbocycles. The van der Waals surface area contributed by atoms with Crippen molar-refractivity contribution >= 4 is 5.91 Å². The third-order valence-electron chi connectivity index (χ3n) is 8.40. The molecule has 0 spiro atoms. The van der Waals surface area contributed by atoms with Gasteiger partial charge in [-0.2, -0.15) is 0 Å². The van der Waals surface area contributed by atoms with Gasteiger partial charge in [0.2, 0.25) is 5.91 Å². The van der Waals surface area contributed by atoms with E-state index in [9.17, 15) is 4.79 Å². The number of carbonyl (C=O) groups is 1. The van der Waals surface area contributed by atoms with Crippen molar-refractivity contribution in [3.63, 3.8) is 0 Å². The molecule has 4 aliphatic rings. The van der Waals surface area contributed by atoms with Crippen molar-refractivity contribution in [2.75, 3.05) is 26.2 Å². The molecule has 6 heteroatoms. The number of hydrogen-bond donors (Lipinski definition) is 0. The highest BCUT2D eigenvalue weighted by atomic mass is 16.2. The minimum absolute atomic E-state index is 0.332. The lowest BCUT2D eigenvalue weighted by Crippen LogP contribution is -2.54. The van der Waals surface area contributed by atoms with E-state index in [4.69, 9.17) is 0 Å². The molecule has 1 aliphatic carbocycles. The Kier molecular flexibility index (Phi) is 5.22. The maximum absolute atomic E-state index is 13.2. The van der Waals surface area contributed by atoms with Crippen LogP contribution in [0.5, 0.6) is 0 Å². The van der Waals surface area contributed by atoms with Gasteiger partial charge in [0.15, 0.2) is 0 Å². The Bertz CT molecular complexity index is 995. The predicted octanol–water partition coefficient (Wildman–Crippen LogP) is 2.98. The zero-order valence-electron chi connectivity index (χ0n) is 19.0. The average Bonchev–Trinajstić information content (AvgIpc) is 3.55. The van der Waals surface area contributed by atoms with Gasteiger partial charge in [-0.3, -0.25) is 14.6 Å². The summed E-state index contributed by atoms with van der Waals surface area (Å²) in [5.74, 6) is 1.15. The van der Waals surface area contributed by atoms with E-state index in [1.165, 1.54) is 42.4 Å². The van der Waals surface area contributed by atoms with Crippen LogP contribution in [-0.2, 0) is 17.8 Å². The molecular formula is C26H33N5O. The summed E-state index contributed by atoms with van der Waals surface area (Å²) < 4.78 is 0. The lowest BCUT2D eigenvalue weighted by atomic mass is 9.95. The van der Waals surface area contributed by atoms with E-state index in [-0.39, 0.29) is 0 Å². The van der Waals surface area contributed by atoms with Crippen LogP contribution in [-0.4, -0.2) is 74.9 Å². The zero-order valence-corrected chi connectivity index (χ0v) is 19.0. The van der Waals surface area contributed by atoms with Gasteiger partial charge in [0.05, 0.1) is 6.54 Å². The molecule has 32 heavy (non-hydrogen) atoms. The van der Waals surface area contributed by atoms with Crippen molar-refractivity contribution in [2.45, 2.75) is 63.7 Å². The Balaban J connectivity index is 1.07. The van der Waals surface area contributed by atoms with Gasteiger partial charge in [0.1, 0.15) is 6.33 Å². The Labute approximate surface area is 190 Å². The summed E-state index contributed by atoms with van der Waals surface area (Å²) in [5, 5.41) is 0. The number of carbonyl (C=O) groups excluding carboxylic acids is 1. The van der Waals surface area contributed by atoms with Gasteiger partial charge in [-0.1, -0.05) is 31.5 Å². The van der Waals surface area contributed by atoms with Crippen LogP contribution < -0.4 is 0 Å². The molecule has 168 valence electrons. The number of nitrogens with zero attached hydrogens (tertiary/aromatic N) is 5. The third-order valence-corrected chi connectivity index (χ3v) is 8.40. The lowest BCUT2D eigenvalue weighted by molar-refractivity contribution is -0.135. The molecule has 0 radical (unpaired) electrons. The Hall–Kier alpha value is -2.31. The second-order valence-corrected chi connectivity index (χ2v) is 10.3. The number of aromatic nitrogens is 2. The number of fused-ring (bicyclic) bond motifs is 3. The van der Waals surface area contributed by atoms with Crippen LogP contribution in [0.4, 0.5) is 0 Å². The van der Waals surface area contributed by atoms with Crippen LogP contribution in [0.1, 0.15) is 43.7 Å². The van der Waals surface area contributed by atoms with Crippen molar-refractivity contribution in [3.8, 4) is 11.1 Å². The topological polar surface area (TPSA) is 52.6 Å². The zero-order chi connectivity index (χ0) is 21.7. The van der Waals surface area contributed by atoms with Crippen molar-refractivity contribution in [3.05, 3.63) is 48.0 Å². The summed E-state index contributed by atoms with van der Waals surface area (Å²) in [6.45, 7) is 6.81. The number of hydrogen-bond acceptors (Lipinski definition) is 5. The molecule has 1 amide bonds. The first-order valence-corrected chi connectivity index (χ1v) is 12.3. The molecule has 6 nitrogen and oxygen atoms in total. The van der Waals surface area contributed by atoms with Gasteiger partial charge in [0, 0.05) is 62.3 Å². The van der Waals surface area contributed by atoms with Crippen molar-refractivity contribution < 1.29 is 4.79 Å². The fourth-order valence-electron chi connectivity index (χ4n) is 6.68. The number of rotatable bonds is 4. The first-order valence-electron chi connectivity index (χ1n) is 12.3. The summed E-state index contributed by atoms with van der Waals surface area (Å²) >= 11 is 0. The monoisotopic (exact) mass is 431 g/mol. The minimum atomic E-state index is 0.332. The molecule has 1 aromatic heterocycles. The van der Waals surface area contributed by atoms with Crippen LogP contribution in [0, 0.1) is 5.92 Å². The number of piperazine rings is 1. The molecule has 1 saturated carbocycles.